The van der Waals surface area contributed by atoms with Crippen molar-refractivity contribution >= 4 is 5.91 Å². The van der Waals surface area contributed by atoms with E-state index in [0.717, 1.165) is 5.69 Å². The van der Waals surface area contributed by atoms with Gasteiger partial charge in [0.2, 0.25) is 0 Å². The number of rotatable bonds is 3. The number of hydrogen-bond donors (Lipinski definition) is 3. The number of aromatic hydroxyl groups is 1. The van der Waals surface area contributed by atoms with E-state index in [0.29, 0.717) is 6.54 Å². The number of carbonyl (C=O) groups is 1. The largest absolute Gasteiger partial charge is 0.505 e. The zero-order valence-electron chi connectivity index (χ0n) is 8.34. The van der Waals surface area contributed by atoms with Crippen LogP contribution in [-0.2, 0) is 6.54 Å². The summed E-state index contributed by atoms with van der Waals surface area (Å²) in [5, 5.41) is 18.5. The van der Waals surface area contributed by atoms with E-state index in [9.17, 15) is 9.90 Å². The zero-order chi connectivity index (χ0) is 11.4. The topological polar surface area (TPSA) is 90.9 Å². The molecule has 0 radical (unpaired) electrons. The van der Waals surface area contributed by atoms with Crippen molar-refractivity contribution in [3.63, 3.8) is 0 Å². The summed E-state index contributed by atoms with van der Waals surface area (Å²) in [7, 11) is 0. The highest BCUT2D eigenvalue weighted by Gasteiger charge is 2.09. The third-order valence-electron chi connectivity index (χ3n) is 2.04. The van der Waals surface area contributed by atoms with Gasteiger partial charge in [-0.05, 0) is 12.1 Å². The molecule has 0 fully saturated rings. The molecule has 16 heavy (non-hydrogen) atoms. The number of nitrogens with zero attached hydrogens (tertiary/aromatic N) is 2. The molecule has 6 heteroatoms. The SMILES string of the molecule is O=C(NCc1ccn[nH]1)c1ccncc1O. The Hall–Kier alpha value is -2.37. The minimum atomic E-state index is -0.352. The Labute approximate surface area is 91.3 Å². The van der Waals surface area contributed by atoms with Crippen molar-refractivity contribution in [2.45, 2.75) is 6.54 Å². The van der Waals surface area contributed by atoms with Crippen LogP contribution in [0.2, 0.25) is 0 Å². The van der Waals surface area contributed by atoms with Gasteiger partial charge in [-0.2, -0.15) is 5.10 Å². The molecule has 2 heterocycles. The molecule has 2 rings (SSSR count). The van der Waals surface area contributed by atoms with Gasteiger partial charge in [-0.1, -0.05) is 0 Å². The predicted molar refractivity (Wildman–Crippen MR) is 55.7 cm³/mol. The molecule has 0 saturated heterocycles. The number of pyridine rings is 1. The van der Waals surface area contributed by atoms with Gasteiger partial charge >= 0.3 is 0 Å². The standard InChI is InChI=1S/C10H10N4O2/c15-9-6-11-3-2-8(9)10(16)12-5-7-1-4-13-14-7/h1-4,6,15H,5H2,(H,12,16)(H,13,14). The first-order valence-electron chi connectivity index (χ1n) is 4.67. The lowest BCUT2D eigenvalue weighted by atomic mass is 10.2. The highest BCUT2D eigenvalue weighted by molar-refractivity contribution is 5.96. The van der Waals surface area contributed by atoms with Crippen molar-refractivity contribution in [2.24, 2.45) is 0 Å². The van der Waals surface area contributed by atoms with Gasteiger partial charge in [0.15, 0.2) is 0 Å². The van der Waals surface area contributed by atoms with E-state index in [2.05, 4.69) is 20.5 Å². The quantitative estimate of drug-likeness (QED) is 0.697. The lowest BCUT2D eigenvalue weighted by molar-refractivity contribution is 0.0947. The molecule has 0 aromatic carbocycles. The van der Waals surface area contributed by atoms with Crippen molar-refractivity contribution in [3.05, 3.63) is 42.0 Å². The van der Waals surface area contributed by atoms with Crippen molar-refractivity contribution in [1.82, 2.24) is 20.5 Å². The molecule has 2 aromatic rings. The highest BCUT2D eigenvalue weighted by atomic mass is 16.3. The highest BCUT2D eigenvalue weighted by Crippen LogP contribution is 2.13. The van der Waals surface area contributed by atoms with Crippen LogP contribution in [-0.4, -0.2) is 26.2 Å². The van der Waals surface area contributed by atoms with E-state index in [1.165, 1.54) is 18.5 Å². The average molecular weight is 218 g/mol. The molecule has 0 bridgehead atoms. The molecule has 0 aliphatic heterocycles. The number of carbonyl (C=O) groups excluding carboxylic acids is 1. The summed E-state index contributed by atoms with van der Waals surface area (Å²) in [5.41, 5.74) is 0.997. The van der Waals surface area contributed by atoms with Gasteiger partial charge in [-0.3, -0.25) is 14.9 Å². The first-order chi connectivity index (χ1) is 7.77. The lowest BCUT2D eigenvalue weighted by Gasteiger charge is -2.04. The van der Waals surface area contributed by atoms with Gasteiger partial charge < -0.3 is 10.4 Å². The Bertz CT molecular complexity index is 481. The van der Waals surface area contributed by atoms with E-state index < -0.39 is 0 Å². The Morgan fingerprint density at radius 2 is 2.31 bits per heavy atom. The third kappa shape index (κ3) is 2.17. The summed E-state index contributed by atoms with van der Waals surface area (Å²) in [6.45, 7) is 0.334. The van der Waals surface area contributed by atoms with Crippen LogP contribution in [0.5, 0.6) is 5.75 Å². The molecule has 0 spiro atoms. The van der Waals surface area contributed by atoms with Crippen LogP contribution < -0.4 is 5.32 Å². The molecule has 6 nitrogen and oxygen atoms in total. The third-order valence-corrected chi connectivity index (χ3v) is 2.04. The molecule has 3 N–H and O–H groups in total. The fraction of sp³-hybridized carbons (Fsp3) is 0.100. The minimum Gasteiger partial charge on any atom is -0.505 e. The fourth-order valence-corrected chi connectivity index (χ4v) is 1.23. The van der Waals surface area contributed by atoms with Crippen LogP contribution in [0.15, 0.2) is 30.7 Å². The predicted octanol–water partition coefficient (Wildman–Crippen LogP) is 0.440. The maximum atomic E-state index is 11.6. The second-order valence-corrected chi connectivity index (χ2v) is 3.16. The van der Waals surface area contributed by atoms with Crippen LogP contribution in [0, 0.1) is 0 Å². The first kappa shape index (κ1) is 10.2. The molecule has 0 unspecified atom stereocenters. The summed E-state index contributed by atoms with van der Waals surface area (Å²) < 4.78 is 0. The Morgan fingerprint density at radius 3 is 3.00 bits per heavy atom. The van der Waals surface area contributed by atoms with Gasteiger partial charge in [-0.25, -0.2) is 0 Å². The molecule has 0 aliphatic rings. The number of nitrogens with one attached hydrogen (secondary N) is 2. The second-order valence-electron chi connectivity index (χ2n) is 3.16. The van der Waals surface area contributed by atoms with Crippen LogP contribution in [0.4, 0.5) is 0 Å². The van der Waals surface area contributed by atoms with Crippen LogP contribution in [0.1, 0.15) is 16.1 Å². The summed E-state index contributed by atoms with van der Waals surface area (Å²) >= 11 is 0. The average Bonchev–Trinajstić information content (AvgIpc) is 2.79. The molecule has 2 aromatic heterocycles. The van der Waals surface area contributed by atoms with Crippen molar-refractivity contribution in [2.75, 3.05) is 0 Å². The number of aromatic amines is 1. The van der Waals surface area contributed by atoms with Crippen molar-refractivity contribution < 1.29 is 9.90 Å². The van der Waals surface area contributed by atoms with Crippen molar-refractivity contribution in [1.29, 1.82) is 0 Å². The Morgan fingerprint density at radius 1 is 1.44 bits per heavy atom. The maximum Gasteiger partial charge on any atom is 0.255 e. The van der Waals surface area contributed by atoms with Gasteiger partial charge in [0.05, 0.1) is 24.0 Å². The summed E-state index contributed by atoms with van der Waals surface area (Å²) in [5.74, 6) is -0.487. The molecular weight excluding hydrogens is 208 g/mol. The summed E-state index contributed by atoms with van der Waals surface area (Å²) in [6.07, 6.45) is 4.28. The number of aromatic nitrogens is 3. The molecule has 0 saturated carbocycles. The van der Waals surface area contributed by atoms with Crippen LogP contribution in [0.25, 0.3) is 0 Å². The van der Waals surface area contributed by atoms with Gasteiger partial charge in [-0.15, -0.1) is 0 Å². The molecule has 0 aliphatic carbocycles. The zero-order valence-corrected chi connectivity index (χ0v) is 8.34. The van der Waals surface area contributed by atoms with E-state index in [1.54, 1.807) is 12.3 Å². The number of H-pyrrole nitrogens is 1. The van der Waals surface area contributed by atoms with E-state index in [-0.39, 0.29) is 17.2 Å². The summed E-state index contributed by atoms with van der Waals surface area (Å²) in [6, 6.07) is 3.21. The molecule has 0 atom stereocenters. The summed E-state index contributed by atoms with van der Waals surface area (Å²) in [4.78, 5) is 15.3. The Balaban J connectivity index is 2.01. The second kappa shape index (κ2) is 4.43. The molecular formula is C10H10N4O2. The Kier molecular flexibility index (Phi) is 2.81. The van der Waals surface area contributed by atoms with Crippen molar-refractivity contribution in [3.8, 4) is 5.75 Å². The van der Waals surface area contributed by atoms with Gasteiger partial charge in [0, 0.05) is 12.4 Å². The molecule has 1 amide bonds. The number of amides is 1. The smallest absolute Gasteiger partial charge is 0.255 e. The maximum absolute atomic E-state index is 11.6. The number of hydrogen-bond acceptors (Lipinski definition) is 4. The van der Waals surface area contributed by atoms with Gasteiger partial charge in [0.25, 0.3) is 5.91 Å². The minimum absolute atomic E-state index is 0.135. The van der Waals surface area contributed by atoms with E-state index in [1.807, 2.05) is 0 Å². The van der Waals surface area contributed by atoms with Crippen LogP contribution in [0.3, 0.4) is 0 Å². The van der Waals surface area contributed by atoms with E-state index >= 15 is 0 Å². The van der Waals surface area contributed by atoms with Gasteiger partial charge in [0.1, 0.15) is 5.75 Å². The molecule has 82 valence electrons. The van der Waals surface area contributed by atoms with E-state index in [4.69, 9.17) is 0 Å². The lowest BCUT2D eigenvalue weighted by Crippen LogP contribution is -2.23. The first-order valence-corrected chi connectivity index (χ1v) is 4.67. The van der Waals surface area contributed by atoms with Crippen LogP contribution >= 0.6 is 0 Å². The normalized spacial score (nSPS) is 10.0. The fourth-order valence-electron chi connectivity index (χ4n) is 1.23. The monoisotopic (exact) mass is 218 g/mol.